The van der Waals surface area contributed by atoms with Crippen molar-refractivity contribution >= 4 is 0 Å². The lowest BCUT2D eigenvalue weighted by Crippen LogP contribution is -2.27. The Balaban J connectivity index is 3.93. The van der Waals surface area contributed by atoms with Crippen molar-refractivity contribution in [1.82, 2.24) is 0 Å². The molecule has 0 amide bonds. The molecule has 3 nitrogen and oxygen atoms in total. The van der Waals surface area contributed by atoms with E-state index in [0.717, 1.165) is 44.9 Å². The van der Waals surface area contributed by atoms with Gasteiger partial charge in [-0.3, -0.25) is 0 Å². The summed E-state index contributed by atoms with van der Waals surface area (Å²) in [6.45, 7) is 6.26. The minimum Gasteiger partial charge on any atom is -0.390 e. The Labute approximate surface area is 106 Å². The van der Waals surface area contributed by atoms with Crippen molar-refractivity contribution in [3.05, 3.63) is 0 Å². The number of hydrogen-bond donors (Lipinski definition) is 3. The van der Waals surface area contributed by atoms with E-state index in [1.165, 1.54) is 0 Å². The van der Waals surface area contributed by atoms with Crippen LogP contribution in [0.15, 0.2) is 0 Å². The number of rotatable bonds is 10. The van der Waals surface area contributed by atoms with E-state index in [1.807, 2.05) is 6.92 Å². The van der Waals surface area contributed by atoms with Crippen molar-refractivity contribution in [2.24, 2.45) is 11.7 Å². The van der Waals surface area contributed by atoms with Gasteiger partial charge in [0.05, 0.1) is 5.60 Å². The molecule has 0 saturated carbocycles. The molecule has 3 unspecified atom stereocenters. The smallest absolute Gasteiger partial charge is 0.102 e. The van der Waals surface area contributed by atoms with Gasteiger partial charge in [-0.1, -0.05) is 39.5 Å². The van der Waals surface area contributed by atoms with Crippen LogP contribution in [0, 0.1) is 5.92 Å². The van der Waals surface area contributed by atoms with Crippen molar-refractivity contribution in [1.29, 1.82) is 0 Å². The first-order valence-corrected chi connectivity index (χ1v) is 7.07. The van der Waals surface area contributed by atoms with Crippen LogP contribution < -0.4 is 5.73 Å². The molecule has 0 aliphatic carbocycles. The van der Waals surface area contributed by atoms with E-state index in [4.69, 9.17) is 10.8 Å². The second kappa shape index (κ2) is 8.90. The molecule has 0 rings (SSSR count). The van der Waals surface area contributed by atoms with Gasteiger partial charge in [0.2, 0.25) is 0 Å². The molecule has 0 aromatic carbocycles. The fourth-order valence-corrected chi connectivity index (χ4v) is 2.35. The predicted molar refractivity (Wildman–Crippen MR) is 72.6 cm³/mol. The minimum absolute atomic E-state index is 0.530. The summed E-state index contributed by atoms with van der Waals surface area (Å²) in [5.74, 6) is 0.542. The Morgan fingerprint density at radius 2 is 1.82 bits per heavy atom. The van der Waals surface area contributed by atoms with Crippen LogP contribution in [0.25, 0.3) is 0 Å². The Hall–Kier alpha value is -0.120. The third kappa shape index (κ3) is 9.57. The van der Waals surface area contributed by atoms with Crippen molar-refractivity contribution < 1.29 is 10.2 Å². The molecule has 0 aromatic heterocycles. The molecular weight excluding hydrogens is 214 g/mol. The fourth-order valence-electron chi connectivity index (χ4n) is 2.35. The molecule has 4 N–H and O–H groups in total. The largest absolute Gasteiger partial charge is 0.390 e. The lowest BCUT2D eigenvalue weighted by atomic mass is 9.84. The van der Waals surface area contributed by atoms with Crippen molar-refractivity contribution in [3.63, 3.8) is 0 Å². The maximum absolute atomic E-state index is 10.3. The Morgan fingerprint density at radius 3 is 2.29 bits per heavy atom. The molecule has 0 aromatic rings. The van der Waals surface area contributed by atoms with Crippen LogP contribution in [0.5, 0.6) is 0 Å². The molecule has 0 heterocycles. The van der Waals surface area contributed by atoms with E-state index < -0.39 is 11.8 Å². The van der Waals surface area contributed by atoms with Gasteiger partial charge in [-0.25, -0.2) is 0 Å². The summed E-state index contributed by atoms with van der Waals surface area (Å²) in [4.78, 5) is 0. The maximum Gasteiger partial charge on any atom is 0.102 e. The van der Waals surface area contributed by atoms with Gasteiger partial charge in [0, 0.05) is 0 Å². The molecular formula is C14H31NO2. The Kier molecular flexibility index (Phi) is 8.83. The van der Waals surface area contributed by atoms with Gasteiger partial charge in [-0.15, -0.1) is 0 Å². The van der Waals surface area contributed by atoms with Gasteiger partial charge in [0.1, 0.15) is 6.23 Å². The molecule has 0 saturated heterocycles. The molecule has 0 aliphatic heterocycles. The number of unbranched alkanes of at least 4 members (excludes halogenated alkanes) is 1. The first-order valence-electron chi connectivity index (χ1n) is 7.07. The van der Waals surface area contributed by atoms with Gasteiger partial charge in [-0.05, 0) is 38.5 Å². The standard InChI is InChI=1S/C14H31NO2/c1-4-6-10-14(3,17)11-12(5-2)8-7-9-13(15)16/h12-13,16-17H,4-11,15H2,1-3H3. The summed E-state index contributed by atoms with van der Waals surface area (Å²) < 4.78 is 0. The number of aliphatic hydroxyl groups excluding tert-OH is 1. The molecule has 17 heavy (non-hydrogen) atoms. The van der Waals surface area contributed by atoms with Gasteiger partial charge in [0.25, 0.3) is 0 Å². The summed E-state index contributed by atoms with van der Waals surface area (Å²) >= 11 is 0. The van der Waals surface area contributed by atoms with Crippen molar-refractivity contribution in [3.8, 4) is 0 Å². The van der Waals surface area contributed by atoms with E-state index >= 15 is 0 Å². The fraction of sp³-hybridized carbons (Fsp3) is 1.00. The molecule has 0 spiro atoms. The molecule has 3 atom stereocenters. The van der Waals surface area contributed by atoms with Gasteiger partial charge in [0.15, 0.2) is 0 Å². The van der Waals surface area contributed by atoms with Crippen molar-refractivity contribution in [2.45, 2.75) is 84.0 Å². The van der Waals surface area contributed by atoms with Gasteiger partial charge >= 0.3 is 0 Å². The lowest BCUT2D eigenvalue weighted by molar-refractivity contribution is 0.0206. The van der Waals surface area contributed by atoms with Crippen LogP contribution in [-0.4, -0.2) is 22.0 Å². The summed E-state index contributed by atoms with van der Waals surface area (Å²) in [5.41, 5.74) is 4.79. The van der Waals surface area contributed by atoms with E-state index in [1.54, 1.807) is 0 Å². The van der Waals surface area contributed by atoms with E-state index in [-0.39, 0.29) is 0 Å². The van der Waals surface area contributed by atoms with Crippen molar-refractivity contribution in [2.75, 3.05) is 0 Å². The third-order valence-electron chi connectivity index (χ3n) is 3.49. The first-order chi connectivity index (χ1) is 7.91. The first kappa shape index (κ1) is 16.9. The zero-order chi connectivity index (χ0) is 13.3. The zero-order valence-electron chi connectivity index (χ0n) is 11.8. The Morgan fingerprint density at radius 1 is 1.18 bits per heavy atom. The van der Waals surface area contributed by atoms with Crippen LogP contribution in [0.2, 0.25) is 0 Å². The molecule has 0 fully saturated rings. The monoisotopic (exact) mass is 245 g/mol. The quantitative estimate of drug-likeness (QED) is 0.518. The van der Waals surface area contributed by atoms with Crippen LogP contribution >= 0.6 is 0 Å². The second-order valence-electron chi connectivity index (χ2n) is 5.58. The average molecular weight is 245 g/mol. The highest BCUT2D eigenvalue weighted by atomic mass is 16.3. The normalized spacial score (nSPS) is 18.7. The summed E-state index contributed by atoms with van der Waals surface area (Å²) in [5, 5.41) is 19.3. The van der Waals surface area contributed by atoms with E-state index in [0.29, 0.717) is 12.3 Å². The average Bonchev–Trinajstić information content (AvgIpc) is 2.24. The number of aliphatic hydroxyl groups is 2. The van der Waals surface area contributed by atoms with Crippen LogP contribution in [0.1, 0.15) is 72.1 Å². The lowest BCUT2D eigenvalue weighted by Gasteiger charge is -2.28. The number of nitrogens with two attached hydrogens (primary N) is 1. The van der Waals surface area contributed by atoms with Gasteiger partial charge < -0.3 is 15.9 Å². The van der Waals surface area contributed by atoms with E-state index in [9.17, 15) is 5.11 Å². The van der Waals surface area contributed by atoms with Crippen LogP contribution in [0.4, 0.5) is 0 Å². The van der Waals surface area contributed by atoms with Crippen LogP contribution in [0.3, 0.4) is 0 Å². The summed E-state index contributed by atoms with van der Waals surface area (Å²) in [6, 6.07) is 0. The second-order valence-corrected chi connectivity index (χ2v) is 5.58. The molecule has 0 bridgehead atoms. The van der Waals surface area contributed by atoms with Gasteiger partial charge in [-0.2, -0.15) is 0 Å². The predicted octanol–water partition coefficient (Wildman–Crippen LogP) is 2.79. The Bertz CT molecular complexity index is 181. The zero-order valence-corrected chi connectivity index (χ0v) is 11.8. The molecule has 0 radical (unpaired) electrons. The maximum atomic E-state index is 10.3. The highest BCUT2D eigenvalue weighted by Crippen LogP contribution is 2.27. The highest BCUT2D eigenvalue weighted by Gasteiger charge is 2.23. The number of hydrogen-bond acceptors (Lipinski definition) is 3. The molecule has 104 valence electrons. The third-order valence-corrected chi connectivity index (χ3v) is 3.49. The topological polar surface area (TPSA) is 66.5 Å². The van der Waals surface area contributed by atoms with Crippen LogP contribution in [-0.2, 0) is 0 Å². The summed E-state index contributed by atoms with van der Waals surface area (Å²) in [6.07, 6.45) is 7.03. The molecule has 3 heteroatoms. The summed E-state index contributed by atoms with van der Waals surface area (Å²) in [7, 11) is 0. The minimum atomic E-state index is -0.687. The SMILES string of the molecule is CCCCC(C)(O)CC(CC)CCCC(N)O. The molecule has 0 aliphatic rings. The van der Waals surface area contributed by atoms with E-state index in [2.05, 4.69) is 13.8 Å². The highest BCUT2D eigenvalue weighted by molar-refractivity contribution is 4.76.